The molecule has 1 N–H and O–H groups in total. The first-order valence-electron chi connectivity index (χ1n) is 8.80. The SMILES string of the molecule is O=C(/C=C/c1ccco1)N1CCC(CNS(=O)(=O)c2ccc(F)c(Cl)c2)CC1. The van der Waals surface area contributed by atoms with Crippen LogP contribution in [0, 0.1) is 11.7 Å². The van der Waals surface area contributed by atoms with Gasteiger partial charge in [0.25, 0.3) is 0 Å². The number of benzene rings is 1. The molecule has 0 saturated carbocycles. The Balaban J connectivity index is 1.48. The number of halogens is 2. The lowest BCUT2D eigenvalue weighted by atomic mass is 9.97. The first-order valence-corrected chi connectivity index (χ1v) is 10.7. The molecule has 0 bridgehead atoms. The molecule has 1 amide bonds. The number of amides is 1. The minimum absolute atomic E-state index is 0.0745. The first kappa shape index (κ1) is 20.6. The summed E-state index contributed by atoms with van der Waals surface area (Å²) in [5, 5.41) is -0.239. The molecule has 0 spiro atoms. The van der Waals surface area contributed by atoms with Crippen molar-refractivity contribution in [3.05, 3.63) is 59.3 Å². The second-order valence-electron chi connectivity index (χ2n) is 6.55. The molecule has 2 aromatic rings. The van der Waals surface area contributed by atoms with Crippen molar-refractivity contribution >= 4 is 33.6 Å². The van der Waals surface area contributed by atoms with Crippen LogP contribution in [0.5, 0.6) is 0 Å². The number of nitrogens with zero attached hydrogens (tertiary/aromatic N) is 1. The largest absolute Gasteiger partial charge is 0.465 e. The number of sulfonamides is 1. The van der Waals surface area contributed by atoms with Crippen LogP contribution in [0.3, 0.4) is 0 Å². The van der Waals surface area contributed by atoms with Crippen molar-refractivity contribution in [2.75, 3.05) is 19.6 Å². The number of piperidine rings is 1. The van der Waals surface area contributed by atoms with E-state index < -0.39 is 15.8 Å². The Bertz CT molecular complexity index is 952. The van der Waals surface area contributed by atoms with E-state index in [1.54, 1.807) is 23.1 Å². The van der Waals surface area contributed by atoms with Crippen molar-refractivity contribution in [2.45, 2.75) is 17.7 Å². The van der Waals surface area contributed by atoms with Gasteiger partial charge >= 0.3 is 0 Å². The minimum Gasteiger partial charge on any atom is -0.465 e. The summed E-state index contributed by atoms with van der Waals surface area (Å²) in [6, 6.07) is 6.80. The van der Waals surface area contributed by atoms with Crippen LogP contribution in [0.2, 0.25) is 5.02 Å². The summed E-state index contributed by atoms with van der Waals surface area (Å²) in [5.41, 5.74) is 0. The van der Waals surface area contributed by atoms with Crippen LogP contribution in [0.4, 0.5) is 4.39 Å². The quantitative estimate of drug-likeness (QED) is 0.719. The molecule has 0 radical (unpaired) electrons. The van der Waals surface area contributed by atoms with E-state index in [4.69, 9.17) is 16.0 Å². The lowest BCUT2D eigenvalue weighted by Gasteiger charge is -2.31. The third-order valence-electron chi connectivity index (χ3n) is 4.62. The van der Waals surface area contributed by atoms with Gasteiger partial charge in [0, 0.05) is 25.7 Å². The monoisotopic (exact) mass is 426 g/mol. The molecular weight excluding hydrogens is 407 g/mol. The highest BCUT2D eigenvalue weighted by Gasteiger charge is 2.24. The summed E-state index contributed by atoms with van der Waals surface area (Å²) in [6.07, 6.45) is 6.01. The standard InChI is InChI=1S/C19H20ClFN2O4S/c20-17-12-16(4-5-18(17)21)28(25,26)22-13-14-7-9-23(10-8-14)19(24)6-3-15-2-1-11-27-15/h1-6,11-12,14,22H,7-10,13H2/b6-3+. The fraction of sp³-hybridized carbons (Fsp3) is 0.316. The van der Waals surface area contributed by atoms with E-state index in [0.29, 0.717) is 31.7 Å². The highest BCUT2D eigenvalue weighted by Crippen LogP contribution is 2.21. The van der Waals surface area contributed by atoms with Gasteiger partial charge in [-0.1, -0.05) is 11.6 Å². The number of likely N-dealkylation sites (tertiary alicyclic amines) is 1. The highest BCUT2D eigenvalue weighted by molar-refractivity contribution is 7.89. The maximum atomic E-state index is 13.2. The molecule has 28 heavy (non-hydrogen) atoms. The van der Waals surface area contributed by atoms with E-state index in [1.165, 1.54) is 18.4 Å². The summed E-state index contributed by atoms with van der Waals surface area (Å²) in [7, 11) is -3.77. The van der Waals surface area contributed by atoms with E-state index in [9.17, 15) is 17.6 Å². The number of carbonyl (C=O) groups excluding carboxylic acids is 1. The number of hydrogen-bond donors (Lipinski definition) is 1. The third-order valence-corrected chi connectivity index (χ3v) is 6.33. The Morgan fingerprint density at radius 2 is 2.07 bits per heavy atom. The van der Waals surface area contributed by atoms with E-state index in [-0.39, 0.29) is 28.3 Å². The molecule has 9 heteroatoms. The van der Waals surface area contributed by atoms with Crippen LogP contribution in [0.15, 0.2) is 52.0 Å². The minimum atomic E-state index is -3.77. The topological polar surface area (TPSA) is 79.6 Å². The third kappa shape index (κ3) is 5.21. The highest BCUT2D eigenvalue weighted by atomic mass is 35.5. The van der Waals surface area contributed by atoms with Gasteiger partial charge in [-0.05, 0) is 55.2 Å². The van der Waals surface area contributed by atoms with E-state index in [0.717, 1.165) is 12.1 Å². The molecule has 150 valence electrons. The molecule has 1 aromatic carbocycles. The van der Waals surface area contributed by atoms with Crippen LogP contribution < -0.4 is 4.72 Å². The van der Waals surface area contributed by atoms with Crippen LogP contribution in [-0.4, -0.2) is 38.9 Å². The van der Waals surface area contributed by atoms with Gasteiger partial charge in [0.2, 0.25) is 15.9 Å². The van der Waals surface area contributed by atoms with Crippen molar-refractivity contribution in [1.29, 1.82) is 0 Å². The van der Waals surface area contributed by atoms with Crippen LogP contribution in [0.25, 0.3) is 6.08 Å². The van der Waals surface area contributed by atoms with Gasteiger partial charge in [-0.25, -0.2) is 17.5 Å². The summed E-state index contributed by atoms with van der Waals surface area (Å²) >= 11 is 5.66. The summed E-state index contributed by atoms with van der Waals surface area (Å²) < 4.78 is 45.6. The molecule has 1 aromatic heterocycles. The lowest BCUT2D eigenvalue weighted by molar-refractivity contribution is -0.127. The molecule has 1 saturated heterocycles. The van der Waals surface area contributed by atoms with Crippen molar-refractivity contribution < 1.29 is 22.0 Å². The van der Waals surface area contributed by atoms with Crippen molar-refractivity contribution in [3.63, 3.8) is 0 Å². The zero-order valence-electron chi connectivity index (χ0n) is 15.0. The average molecular weight is 427 g/mol. The van der Waals surface area contributed by atoms with Crippen molar-refractivity contribution in [1.82, 2.24) is 9.62 Å². The molecule has 1 fully saturated rings. The fourth-order valence-corrected chi connectivity index (χ4v) is 4.34. The van der Waals surface area contributed by atoms with Crippen LogP contribution in [0.1, 0.15) is 18.6 Å². The first-order chi connectivity index (χ1) is 13.3. The average Bonchev–Trinajstić information content (AvgIpc) is 3.20. The Hall–Kier alpha value is -2.16. The zero-order valence-corrected chi connectivity index (χ0v) is 16.5. The Kier molecular flexibility index (Phi) is 6.53. The second-order valence-corrected chi connectivity index (χ2v) is 8.72. The van der Waals surface area contributed by atoms with Crippen LogP contribution >= 0.6 is 11.6 Å². The predicted octanol–water partition coefficient (Wildman–Crippen LogP) is 3.30. The molecule has 3 rings (SSSR count). The van der Waals surface area contributed by atoms with E-state index in [2.05, 4.69) is 4.72 Å². The van der Waals surface area contributed by atoms with E-state index >= 15 is 0 Å². The molecule has 6 nitrogen and oxygen atoms in total. The van der Waals surface area contributed by atoms with Gasteiger partial charge in [0.15, 0.2) is 0 Å². The van der Waals surface area contributed by atoms with Gasteiger partial charge in [0.05, 0.1) is 16.2 Å². The fourth-order valence-electron chi connectivity index (χ4n) is 2.96. The molecule has 1 aliphatic heterocycles. The molecule has 0 atom stereocenters. The number of carbonyl (C=O) groups is 1. The number of furan rings is 1. The number of rotatable bonds is 6. The van der Waals surface area contributed by atoms with Crippen LogP contribution in [-0.2, 0) is 14.8 Å². The molecule has 0 unspecified atom stereocenters. The maximum Gasteiger partial charge on any atom is 0.246 e. The number of hydrogen-bond acceptors (Lipinski definition) is 4. The summed E-state index contributed by atoms with van der Waals surface area (Å²) in [6.45, 7) is 1.35. The Morgan fingerprint density at radius 1 is 1.32 bits per heavy atom. The van der Waals surface area contributed by atoms with E-state index in [1.807, 2.05) is 0 Å². The summed E-state index contributed by atoms with van der Waals surface area (Å²) in [4.78, 5) is 13.9. The van der Waals surface area contributed by atoms with Crippen molar-refractivity contribution in [2.24, 2.45) is 5.92 Å². The molecule has 1 aliphatic rings. The molecule has 2 heterocycles. The Morgan fingerprint density at radius 3 is 2.71 bits per heavy atom. The lowest BCUT2D eigenvalue weighted by Crippen LogP contribution is -2.40. The normalized spacial score (nSPS) is 16.0. The Labute approximate surface area is 168 Å². The maximum absolute atomic E-state index is 13.2. The van der Waals surface area contributed by atoms with Gasteiger partial charge in [-0.2, -0.15) is 0 Å². The van der Waals surface area contributed by atoms with Gasteiger partial charge < -0.3 is 9.32 Å². The molecule has 0 aliphatic carbocycles. The summed E-state index contributed by atoms with van der Waals surface area (Å²) in [5.74, 6) is -0.0440. The smallest absolute Gasteiger partial charge is 0.246 e. The zero-order chi connectivity index (χ0) is 20.1. The molecular formula is C19H20ClFN2O4S. The van der Waals surface area contributed by atoms with Gasteiger partial charge in [-0.3, -0.25) is 4.79 Å². The predicted molar refractivity (Wildman–Crippen MR) is 104 cm³/mol. The second kappa shape index (κ2) is 8.89. The van der Waals surface area contributed by atoms with Crippen molar-refractivity contribution in [3.8, 4) is 0 Å². The number of nitrogens with one attached hydrogen (secondary N) is 1. The van der Waals surface area contributed by atoms with Gasteiger partial charge in [0.1, 0.15) is 11.6 Å². The van der Waals surface area contributed by atoms with Gasteiger partial charge in [-0.15, -0.1) is 0 Å².